The lowest BCUT2D eigenvalue weighted by Crippen LogP contribution is -2.52. The molecule has 2 aromatic rings. The monoisotopic (exact) mass is 495 g/mol. The summed E-state index contributed by atoms with van der Waals surface area (Å²) in [7, 11) is 0. The van der Waals surface area contributed by atoms with Crippen LogP contribution in [-0.4, -0.2) is 48.9 Å². The number of imide groups is 1. The molecule has 5 nitrogen and oxygen atoms in total. The Hall–Kier alpha value is -1.64. The first-order valence-electron chi connectivity index (χ1n) is 8.90. The van der Waals surface area contributed by atoms with Gasteiger partial charge in [0.25, 0.3) is 5.91 Å². The molecular formula is C20H19ClIN3O2. The summed E-state index contributed by atoms with van der Waals surface area (Å²) in [6.45, 7) is 3.16. The third kappa shape index (κ3) is 3.83. The summed E-state index contributed by atoms with van der Waals surface area (Å²) in [6, 6.07) is 14.9. The Kier molecular flexibility index (Phi) is 5.39. The van der Waals surface area contributed by atoms with E-state index in [1.165, 1.54) is 4.90 Å². The fourth-order valence-corrected chi connectivity index (χ4v) is 4.19. The van der Waals surface area contributed by atoms with Crippen LogP contribution in [0.3, 0.4) is 0 Å². The molecule has 0 bridgehead atoms. The van der Waals surface area contributed by atoms with Crippen LogP contribution in [0.4, 0.5) is 11.4 Å². The maximum absolute atomic E-state index is 12.9. The fraction of sp³-hybridized carbons (Fsp3) is 0.300. The summed E-state index contributed by atoms with van der Waals surface area (Å²) >= 11 is 8.17. The summed E-state index contributed by atoms with van der Waals surface area (Å²) in [5.74, 6) is -0.229. The van der Waals surface area contributed by atoms with Gasteiger partial charge in [-0.3, -0.25) is 14.5 Å². The number of hydrogen-bond acceptors (Lipinski definition) is 4. The van der Waals surface area contributed by atoms with Crippen molar-refractivity contribution in [3.8, 4) is 0 Å². The van der Waals surface area contributed by atoms with Crippen molar-refractivity contribution in [3.05, 3.63) is 57.1 Å². The van der Waals surface area contributed by atoms with Crippen molar-refractivity contribution in [2.24, 2.45) is 0 Å². The highest BCUT2D eigenvalue weighted by Gasteiger charge is 2.43. The highest BCUT2D eigenvalue weighted by molar-refractivity contribution is 14.1. The lowest BCUT2D eigenvalue weighted by atomic mass is 10.1. The Morgan fingerprint density at radius 2 is 1.44 bits per heavy atom. The van der Waals surface area contributed by atoms with E-state index in [4.69, 9.17) is 11.6 Å². The van der Waals surface area contributed by atoms with Gasteiger partial charge in [0.15, 0.2) is 0 Å². The maximum atomic E-state index is 12.9. The molecule has 0 unspecified atom stereocenters. The highest BCUT2D eigenvalue weighted by atomic mass is 127. The minimum atomic E-state index is -0.357. The first kappa shape index (κ1) is 18.7. The molecule has 0 N–H and O–H groups in total. The van der Waals surface area contributed by atoms with Gasteiger partial charge in [0.05, 0.1) is 18.2 Å². The molecule has 140 valence electrons. The number of benzene rings is 2. The molecule has 4 rings (SSSR count). The molecule has 2 aliphatic heterocycles. The van der Waals surface area contributed by atoms with Crippen molar-refractivity contribution in [2.75, 3.05) is 36.0 Å². The van der Waals surface area contributed by atoms with E-state index < -0.39 is 0 Å². The van der Waals surface area contributed by atoms with Gasteiger partial charge in [-0.2, -0.15) is 0 Å². The average Bonchev–Trinajstić information content (AvgIpc) is 2.98. The average molecular weight is 496 g/mol. The number of hydrogen-bond donors (Lipinski definition) is 0. The van der Waals surface area contributed by atoms with Crippen LogP contribution < -0.4 is 9.80 Å². The van der Waals surface area contributed by atoms with Crippen molar-refractivity contribution in [1.29, 1.82) is 0 Å². The van der Waals surface area contributed by atoms with Crippen LogP contribution >= 0.6 is 34.2 Å². The van der Waals surface area contributed by atoms with Crippen molar-refractivity contribution in [2.45, 2.75) is 12.5 Å². The van der Waals surface area contributed by atoms with Crippen LogP contribution in [0, 0.1) is 3.57 Å². The molecule has 2 amide bonds. The smallest absolute Gasteiger partial charge is 0.251 e. The molecular weight excluding hydrogens is 477 g/mol. The normalized spacial score (nSPS) is 21.2. The fourth-order valence-electron chi connectivity index (χ4n) is 3.71. The number of halogens is 2. The molecule has 0 aliphatic carbocycles. The largest absolute Gasteiger partial charge is 0.369 e. The van der Waals surface area contributed by atoms with Crippen LogP contribution in [0.25, 0.3) is 0 Å². The highest BCUT2D eigenvalue weighted by Crippen LogP contribution is 2.28. The summed E-state index contributed by atoms with van der Waals surface area (Å²) in [4.78, 5) is 31.2. The first-order valence-corrected chi connectivity index (χ1v) is 10.4. The van der Waals surface area contributed by atoms with Gasteiger partial charge in [-0.05, 0) is 71.1 Å². The number of anilines is 2. The zero-order valence-electron chi connectivity index (χ0n) is 14.6. The Morgan fingerprint density at radius 3 is 2.07 bits per heavy atom. The van der Waals surface area contributed by atoms with Crippen molar-refractivity contribution in [3.63, 3.8) is 0 Å². The number of amides is 2. The van der Waals surface area contributed by atoms with Crippen molar-refractivity contribution < 1.29 is 9.59 Å². The Morgan fingerprint density at radius 1 is 0.852 bits per heavy atom. The van der Waals surface area contributed by atoms with E-state index in [-0.39, 0.29) is 24.3 Å². The Balaban J connectivity index is 1.43. The predicted molar refractivity (Wildman–Crippen MR) is 115 cm³/mol. The molecule has 0 saturated carbocycles. The van der Waals surface area contributed by atoms with E-state index in [9.17, 15) is 9.59 Å². The van der Waals surface area contributed by atoms with Crippen LogP contribution in [0.1, 0.15) is 6.42 Å². The molecule has 0 aromatic heterocycles. The quantitative estimate of drug-likeness (QED) is 0.484. The van der Waals surface area contributed by atoms with Crippen LogP contribution in [0.5, 0.6) is 0 Å². The minimum Gasteiger partial charge on any atom is -0.369 e. The summed E-state index contributed by atoms with van der Waals surface area (Å²) < 4.78 is 1.07. The molecule has 2 saturated heterocycles. The van der Waals surface area contributed by atoms with Crippen LogP contribution in [-0.2, 0) is 9.59 Å². The van der Waals surface area contributed by atoms with Crippen molar-refractivity contribution >= 4 is 57.4 Å². The first-order chi connectivity index (χ1) is 13.0. The van der Waals surface area contributed by atoms with Crippen molar-refractivity contribution in [1.82, 2.24) is 4.90 Å². The van der Waals surface area contributed by atoms with Gasteiger partial charge in [0.1, 0.15) is 0 Å². The lowest BCUT2D eigenvalue weighted by Gasteiger charge is -2.38. The third-order valence-electron chi connectivity index (χ3n) is 5.15. The maximum Gasteiger partial charge on any atom is 0.251 e. The molecule has 27 heavy (non-hydrogen) atoms. The predicted octanol–water partition coefficient (Wildman–Crippen LogP) is 3.40. The second-order valence-corrected chi connectivity index (χ2v) is 8.45. The lowest BCUT2D eigenvalue weighted by molar-refractivity contribution is -0.123. The summed E-state index contributed by atoms with van der Waals surface area (Å²) in [6.07, 6.45) is 0.256. The number of piperazine rings is 1. The number of rotatable bonds is 3. The van der Waals surface area contributed by atoms with Gasteiger partial charge in [0, 0.05) is 40.5 Å². The second-order valence-electron chi connectivity index (χ2n) is 6.76. The molecule has 0 spiro atoms. The molecule has 0 radical (unpaired) electrons. The van der Waals surface area contributed by atoms with Gasteiger partial charge < -0.3 is 4.90 Å². The van der Waals surface area contributed by atoms with E-state index in [0.717, 1.165) is 40.5 Å². The minimum absolute atomic E-state index is 0.110. The number of carbonyl (C=O) groups excluding carboxylic acids is 2. The van der Waals surface area contributed by atoms with Gasteiger partial charge in [-0.1, -0.05) is 11.6 Å². The topological polar surface area (TPSA) is 43.9 Å². The SMILES string of the molecule is O=C1C[C@@H](N2CCN(c3ccc(Cl)cc3)CC2)C(=O)N1c1ccc(I)cc1. The standard InChI is InChI=1S/C20H19ClIN3O2/c21-14-1-5-16(6-2-14)23-9-11-24(12-10-23)18-13-19(26)25(20(18)27)17-7-3-15(22)4-8-17/h1-8,18H,9-13H2/t18-/m1/s1. The molecule has 2 heterocycles. The molecule has 2 aliphatic rings. The zero-order valence-corrected chi connectivity index (χ0v) is 17.6. The molecule has 2 fully saturated rings. The van der Waals surface area contributed by atoms with Crippen LogP contribution in [0.15, 0.2) is 48.5 Å². The molecule has 1 atom stereocenters. The van der Waals surface area contributed by atoms with E-state index in [2.05, 4.69) is 32.4 Å². The van der Waals surface area contributed by atoms with E-state index >= 15 is 0 Å². The van der Waals surface area contributed by atoms with Gasteiger partial charge in [-0.25, -0.2) is 4.90 Å². The van der Waals surface area contributed by atoms with E-state index in [1.54, 1.807) is 0 Å². The van der Waals surface area contributed by atoms with E-state index in [0.29, 0.717) is 5.69 Å². The number of nitrogens with zero attached hydrogens (tertiary/aromatic N) is 3. The Labute approximate surface area is 177 Å². The Bertz CT molecular complexity index is 849. The van der Waals surface area contributed by atoms with Gasteiger partial charge in [-0.15, -0.1) is 0 Å². The second kappa shape index (κ2) is 7.77. The number of carbonyl (C=O) groups is 2. The van der Waals surface area contributed by atoms with E-state index in [1.807, 2.05) is 48.5 Å². The van der Waals surface area contributed by atoms with Gasteiger partial charge >= 0.3 is 0 Å². The zero-order chi connectivity index (χ0) is 19.0. The van der Waals surface area contributed by atoms with Gasteiger partial charge in [0.2, 0.25) is 5.91 Å². The summed E-state index contributed by atoms with van der Waals surface area (Å²) in [5, 5.41) is 0.725. The van der Waals surface area contributed by atoms with Crippen LogP contribution in [0.2, 0.25) is 5.02 Å². The third-order valence-corrected chi connectivity index (χ3v) is 6.13. The molecule has 2 aromatic carbocycles. The summed E-state index contributed by atoms with van der Waals surface area (Å²) in [5.41, 5.74) is 1.79. The molecule has 7 heteroatoms.